The molecule has 43 heavy (non-hydrogen) atoms. The van der Waals surface area contributed by atoms with Gasteiger partial charge in [0.1, 0.15) is 12.3 Å². The molecule has 10 heteroatoms. The molecule has 0 bridgehead atoms. The lowest BCUT2D eigenvalue weighted by Crippen LogP contribution is -2.46. The molecule has 5 rings (SSSR count). The molecule has 8 nitrogen and oxygen atoms in total. The third-order valence-corrected chi connectivity index (χ3v) is 13.8. The summed E-state index contributed by atoms with van der Waals surface area (Å²) in [6.45, 7) is 16.4. The maximum Gasteiger partial charge on any atom is 0.329 e. The Hall–Kier alpha value is -3.55. The number of pyridine rings is 1. The average molecular weight is 594 g/mol. The predicted molar refractivity (Wildman–Crippen MR) is 176 cm³/mol. The van der Waals surface area contributed by atoms with Gasteiger partial charge in [0, 0.05) is 42.2 Å². The number of aromatic nitrogens is 3. The van der Waals surface area contributed by atoms with Crippen LogP contribution in [0.1, 0.15) is 69.3 Å². The Morgan fingerprint density at radius 2 is 2.02 bits per heavy atom. The van der Waals surface area contributed by atoms with E-state index in [0.29, 0.717) is 30.4 Å². The first-order chi connectivity index (χ1) is 20.3. The molecule has 1 fully saturated rings. The standard InChI is InChI=1S/C33H42BN6O2Si/c1-22-14-29(28(37-18-22)11-10-23-8-9-23)39-31-36-13-12-27(38-31)24-15-25(17-35)30-26(16-24)33(5,19-40(30)34-21-41)20-42-43(6,7)32(2,3)4/h12-16,18,21,23H,8-11,19-20H2,1-7H3,(H,36,38,39)/t33-/m1/s1. The van der Waals surface area contributed by atoms with E-state index in [1.54, 1.807) is 6.20 Å². The molecule has 1 radical (unpaired) electrons. The molecule has 1 aliphatic heterocycles. The van der Waals surface area contributed by atoms with Crippen LogP contribution in [0.4, 0.5) is 17.3 Å². The fourth-order valence-electron chi connectivity index (χ4n) is 5.41. The van der Waals surface area contributed by atoms with Crippen molar-refractivity contribution in [3.63, 3.8) is 0 Å². The molecule has 0 saturated heterocycles. The van der Waals surface area contributed by atoms with Crippen LogP contribution in [0.25, 0.3) is 11.3 Å². The highest BCUT2D eigenvalue weighted by molar-refractivity contribution is 6.74. The number of nitrogens with zero attached hydrogens (tertiary/aromatic N) is 5. The highest BCUT2D eigenvalue weighted by atomic mass is 28.4. The van der Waals surface area contributed by atoms with Crippen molar-refractivity contribution >= 4 is 39.2 Å². The number of carbonyl (C=O) groups excluding carboxylic acids is 1. The number of rotatable bonds is 11. The maximum absolute atomic E-state index is 11.6. The molecule has 0 spiro atoms. The molecule has 223 valence electrons. The zero-order valence-corrected chi connectivity index (χ0v) is 27.5. The number of carbonyl (C=O) groups is 1. The van der Waals surface area contributed by atoms with Crippen molar-refractivity contribution in [1.29, 1.82) is 5.26 Å². The van der Waals surface area contributed by atoms with Crippen molar-refractivity contribution in [2.45, 2.75) is 83.8 Å². The molecule has 1 aromatic carbocycles. The summed E-state index contributed by atoms with van der Waals surface area (Å²) in [6.07, 6.45) is 9.14. The van der Waals surface area contributed by atoms with Crippen LogP contribution in [0.3, 0.4) is 0 Å². The summed E-state index contributed by atoms with van der Waals surface area (Å²) in [5, 5.41) is 13.7. The second-order valence-corrected chi connectivity index (χ2v) is 18.7. The number of hydrogen-bond donors (Lipinski definition) is 1. The van der Waals surface area contributed by atoms with Gasteiger partial charge in [-0.3, -0.25) is 4.98 Å². The van der Waals surface area contributed by atoms with Crippen LogP contribution in [-0.2, 0) is 21.1 Å². The Balaban J connectivity index is 1.49. The summed E-state index contributed by atoms with van der Waals surface area (Å²) in [6, 6.07) is 10.3. The highest BCUT2D eigenvalue weighted by Gasteiger charge is 2.44. The van der Waals surface area contributed by atoms with E-state index < -0.39 is 13.7 Å². The van der Waals surface area contributed by atoms with Crippen LogP contribution in [0.2, 0.25) is 18.1 Å². The topological polar surface area (TPSA) is 104 Å². The largest absolute Gasteiger partial charge is 0.416 e. The number of aryl methyl sites for hydroxylation is 2. The lowest BCUT2D eigenvalue weighted by molar-refractivity contribution is 0.219. The predicted octanol–water partition coefficient (Wildman–Crippen LogP) is 6.71. The van der Waals surface area contributed by atoms with Crippen molar-refractivity contribution in [1.82, 2.24) is 15.0 Å². The fourth-order valence-corrected chi connectivity index (χ4v) is 6.52. The summed E-state index contributed by atoms with van der Waals surface area (Å²) >= 11 is 0. The first-order valence-corrected chi connectivity index (χ1v) is 18.1. The van der Waals surface area contributed by atoms with Crippen LogP contribution in [0, 0.1) is 24.2 Å². The monoisotopic (exact) mass is 593 g/mol. The van der Waals surface area contributed by atoms with E-state index in [9.17, 15) is 10.1 Å². The Morgan fingerprint density at radius 1 is 1.26 bits per heavy atom. The van der Waals surface area contributed by atoms with Crippen LogP contribution < -0.4 is 10.1 Å². The van der Waals surface area contributed by atoms with E-state index in [0.717, 1.165) is 58.7 Å². The van der Waals surface area contributed by atoms with Crippen LogP contribution in [0.5, 0.6) is 0 Å². The number of nitrogens with one attached hydrogen (secondary N) is 1. The van der Waals surface area contributed by atoms with Gasteiger partial charge in [-0.2, -0.15) is 5.26 Å². The first-order valence-electron chi connectivity index (χ1n) is 15.2. The Bertz CT molecular complexity index is 1560. The van der Waals surface area contributed by atoms with Gasteiger partial charge in [0.05, 0.1) is 22.6 Å². The third-order valence-electron chi connectivity index (χ3n) is 9.28. The van der Waals surface area contributed by atoms with Gasteiger partial charge in [0.2, 0.25) is 5.95 Å². The van der Waals surface area contributed by atoms with Crippen molar-refractivity contribution < 1.29 is 9.22 Å². The molecule has 3 heterocycles. The molecule has 1 atom stereocenters. The third kappa shape index (κ3) is 6.68. The number of benzene rings is 1. The Morgan fingerprint density at radius 3 is 2.70 bits per heavy atom. The zero-order valence-electron chi connectivity index (χ0n) is 26.5. The number of fused-ring (bicyclic) bond motifs is 1. The average Bonchev–Trinajstić information content (AvgIpc) is 3.74. The number of hydrogen-bond acceptors (Lipinski definition) is 8. The molecule has 1 aliphatic carbocycles. The second-order valence-electron chi connectivity index (χ2n) is 13.9. The molecule has 2 aliphatic rings. The van der Waals surface area contributed by atoms with E-state index in [1.807, 2.05) is 30.1 Å². The lowest BCUT2D eigenvalue weighted by Gasteiger charge is -2.39. The van der Waals surface area contributed by atoms with Crippen molar-refractivity contribution in [2.75, 3.05) is 23.3 Å². The van der Waals surface area contributed by atoms with Gasteiger partial charge in [0.15, 0.2) is 8.32 Å². The molecular formula is C33H42BN6O2Si. The van der Waals surface area contributed by atoms with Crippen molar-refractivity contribution in [2.24, 2.45) is 5.92 Å². The van der Waals surface area contributed by atoms with E-state index in [4.69, 9.17) is 14.4 Å². The van der Waals surface area contributed by atoms with Gasteiger partial charge in [-0.15, -0.1) is 0 Å². The van der Waals surface area contributed by atoms with Gasteiger partial charge in [-0.25, -0.2) is 9.97 Å². The van der Waals surface area contributed by atoms with E-state index in [2.05, 4.69) is 69.3 Å². The summed E-state index contributed by atoms with van der Waals surface area (Å²) < 4.78 is 6.71. The fraction of sp³-hybridized carbons (Fsp3) is 0.485. The van der Waals surface area contributed by atoms with Crippen LogP contribution in [0.15, 0.2) is 36.7 Å². The SMILES string of the molecule is Cc1cnc(CCC2CC2)c(Nc2nccc(-c3cc(C#N)c4c(c3)[C@@](C)(CO[Si](C)(C)C(C)(C)C)CN4[B]C=O)n2)c1. The minimum atomic E-state index is -2.04. The van der Waals surface area contributed by atoms with Crippen molar-refractivity contribution in [3.8, 4) is 17.3 Å². The van der Waals surface area contributed by atoms with Gasteiger partial charge in [-0.05, 0) is 79.2 Å². The van der Waals surface area contributed by atoms with Crippen molar-refractivity contribution in [3.05, 3.63) is 59.0 Å². The lowest BCUT2D eigenvalue weighted by atomic mass is 9.83. The first kappa shape index (κ1) is 30.9. The normalized spacial score (nSPS) is 18.2. The quantitative estimate of drug-likeness (QED) is 0.193. The molecule has 3 aromatic rings. The molecule has 1 N–H and O–H groups in total. The second kappa shape index (κ2) is 11.9. The van der Waals surface area contributed by atoms with E-state index in [-0.39, 0.29) is 5.04 Å². The van der Waals surface area contributed by atoms with Crippen LogP contribution in [-0.4, -0.2) is 50.0 Å². The summed E-state index contributed by atoms with van der Waals surface area (Å²) in [5.74, 6) is 1.30. The molecule has 0 unspecified atom stereocenters. The molecule has 1 saturated carbocycles. The smallest absolute Gasteiger partial charge is 0.329 e. The number of nitriles is 1. The molecule has 2 aromatic heterocycles. The van der Waals surface area contributed by atoms with E-state index in [1.165, 1.54) is 20.3 Å². The molecular weight excluding hydrogens is 551 g/mol. The van der Waals surface area contributed by atoms with E-state index >= 15 is 0 Å². The van der Waals surface area contributed by atoms with Crippen LogP contribution >= 0.6 is 0 Å². The van der Waals surface area contributed by atoms with Gasteiger partial charge >= 0.3 is 7.41 Å². The minimum absolute atomic E-state index is 0.0635. The molecule has 0 amide bonds. The minimum Gasteiger partial charge on any atom is -0.416 e. The Labute approximate surface area is 257 Å². The Kier molecular flexibility index (Phi) is 8.52. The maximum atomic E-state index is 11.6. The van der Waals surface area contributed by atoms with Gasteiger partial charge < -0.3 is 19.3 Å². The summed E-state index contributed by atoms with van der Waals surface area (Å²) in [7, 11) is -0.526. The van der Waals surface area contributed by atoms with Gasteiger partial charge in [0.25, 0.3) is 0 Å². The van der Waals surface area contributed by atoms with Gasteiger partial charge in [-0.1, -0.05) is 40.5 Å². The summed E-state index contributed by atoms with van der Waals surface area (Å²) in [5.41, 5.74) is 6.38. The number of anilines is 3. The zero-order chi connectivity index (χ0) is 31.0. The summed E-state index contributed by atoms with van der Waals surface area (Å²) in [4.78, 5) is 27.6. The highest BCUT2D eigenvalue weighted by Crippen LogP contribution is 2.46.